The summed E-state index contributed by atoms with van der Waals surface area (Å²) in [6.07, 6.45) is 1.79. The van der Waals surface area contributed by atoms with Crippen molar-refractivity contribution in [1.82, 2.24) is 9.97 Å². The highest BCUT2D eigenvalue weighted by molar-refractivity contribution is 9.10. The van der Waals surface area contributed by atoms with Gasteiger partial charge in [0.15, 0.2) is 0 Å². The molecular formula is C21H18BrN5O. The average molecular weight is 436 g/mol. The van der Waals surface area contributed by atoms with Crippen molar-refractivity contribution >= 4 is 27.6 Å². The first-order valence-electron chi connectivity index (χ1n) is 8.91. The van der Waals surface area contributed by atoms with Gasteiger partial charge in [0.05, 0.1) is 18.9 Å². The molecule has 0 saturated carbocycles. The SMILES string of the molecule is N#Cc1c(-c2cccc(Br)c2)cc(-c2ccc(N3CCOCC3)nc2)nc1N. The number of hydrogen-bond acceptors (Lipinski definition) is 6. The van der Waals surface area contributed by atoms with Crippen molar-refractivity contribution in [3.05, 3.63) is 58.7 Å². The molecule has 2 aromatic heterocycles. The highest BCUT2D eigenvalue weighted by Gasteiger charge is 2.15. The number of rotatable bonds is 3. The summed E-state index contributed by atoms with van der Waals surface area (Å²) in [6.45, 7) is 3.10. The molecule has 0 amide bonds. The summed E-state index contributed by atoms with van der Waals surface area (Å²) < 4.78 is 6.32. The van der Waals surface area contributed by atoms with Gasteiger partial charge < -0.3 is 15.4 Å². The maximum Gasteiger partial charge on any atom is 0.142 e. The second kappa shape index (κ2) is 7.97. The Labute approximate surface area is 171 Å². The Morgan fingerprint density at radius 2 is 1.93 bits per heavy atom. The van der Waals surface area contributed by atoms with Crippen LogP contribution in [0, 0.1) is 11.3 Å². The first-order valence-corrected chi connectivity index (χ1v) is 9.70. The number of nitriles is 1. The molecule has 1 aliphatic heterocycles. The fourth-order valence-corrected chi connectivity index (χ4v) is 3.63. The van der Waals surface area contributed by atoms with Gasteiger partial charge in [0.25, 0.3) is 0 Å². The van der Waals surface area contributed by atoms with Crippen molar-refractivity contribution in [3.63, 3.8) is 0 Å². The lowest BCUT2D eigenvalue weighted by molar-refractivity contribution is 0.122. The molecule has 0 spiro atoms. The number of halogens is 1. The zero-order valence-electron chi connectivity index (χ0n) is 15.1. The molecule has 4 rings (SSSR count). The summed E-state index contributed by atoms with van der Waals surface area (Å²) >= 11 is 3.48. The molecular weight excluding hydrogens is 418 g/mol. The number of pyridine rings is 2. The molecule has 3 heterocycles. The maximum absolute atomic E-state index is 9.56. The van der Waals surface area contributed by atoms with Crippen LogP contribution >= 0.6 is 15.9 Å². The van der Waals surface area contributed by atoms with Crippen molar-refractivity contribution in [3.8, 4) is 28.5 Å². The molecule has 1 aromatic carbocycles. The molecule has 0 unspecified atom stereocenters. The zero-order valence-corrected chi connectivity index (χ0v) is 16.7. The van der Waals surface area contributed by atoms with Gasteiger partial charge in [-0.05, 0) is 35.9 Å². The predicted octanol–water partition coefficient (Wildman–Crippen LogP) is 3.86. The van der Waals surface area contributed by atoms with Gasteiger partial charge in [0, 0.05) is 34.9 Å². The molecule has 140 valence electrons. The molecule has 7 heteroatoms. The van der Waals surface area contributed by atoms with E-state index in [1.807, 2.05) is 42.5 Å². The van der Waals surface area contributed by atoms with Crippen molar-refractivity contribution in [2.45, 2.75) is 0 Å². The minimum absolute atomic E-state index is 0.215. The van der Waals surface area contributed by atoms with Gasteiger partial charge in [-0.1, -0.05) is 28.1 Å². The van der Waals surface area contributed by atoms with Crippen molar-refractivity contribution in [2.24, 2.45) is 0 Å². The number of nitrogens with zero attached hydrogens (tertiary/aromatic N) is 4. The van der Waals surface area contributed by atoms with Crippen LogP contribution in [0.1, 0.15) is 5.56 Å². The number of nitrogens with two attached hydrogens (primary N) is 1. The smallest absolute Gasteiger partial charge is 0.142 e. The molecule has 1 fully saturated rings. The van der Waals surface area contributed by atoms with Crippen LogP contribution in [0.15, 0.2) is 53.1 Å². The highest BCUT2D eigenvalue weighted by atomic mass is 79.9. The van der Waals surface area contributed by atoms with E-state index in [4.69, 9.17) is 10.5 Å². The van der Waals surface area contributed by atoms with E-state index in [1.165, 1.54) is 0 Å². The lowest BCUT2D eigenvalue weighted by atomic mass is 9.99. The molecule has 0 atom stereocenters. The van der Waals surface area contributed by atoms with E-state index in [0.717, 1.165) is 40.1 Å². The topological polar surface area (TPSA) is 88.1 Å². The number of benzene rings is 1. The zero-order chi connectivity index (χ0) is 19.5. The van der Waals surface area contributed by atoms with Gasteiger partial charge in [-0.15, -0.1) is 0 Å². The Kier molecular flexibility index (Phi) is 5.24. The lowest BCUT2D eigenvalue weighted by Crippen LogP contribution is -2.36. The number of nitrogen functional groups attached to an aromatic ring is 1. The fourth-order valence-electron chi connectivity index (χ4n) is 3.23. The van der Waals surface area contributed by atoms with Crippen LogP contribution in [-0.2, 0) is 4.74 Å². The van der Waals surface area contributed by atoms with Crippen molar-refractivity contribution in [1.29, 1.82) is 5.26 Å². The van der Waals surface area contributed by atoms with Crippen LogP contribution in [0.3, 0.4) is 0 Å². The van der Waals surface area contributed by atoms with Crippen LogP contribution in [0.5, 0.6) is 0 Å². The van der Waals surface area contributed by atoms with E-state index in [9.17, 15) is 5.26 Å². The molecule has 28 heavy (non-hydrogen) atoms. The van der Waals surface area contributed by atoms with Crippen LogP contribution in [0.25, 0.3) is 22.4 Å². The van der Waals surface area contributed by atoms with Crippen molar-refractivity contribution < 1.29 is 4.74 Å². The molecule has 2 N–H and O–H groups in total. The van der Waals surface area contributed by atoms with Gasteiger partial charge in [0.1, 0.15) is 23.3 Å². The highest BCUT2D eigenvalue weighted by Crippen LogP contribution is 2.32. The van der Waals surface area contributed by atoms with E-state index in [1.54, 1.807) is 6.20 Å². The molecule has 6 nitrogen and oxygen atoms in total. The van der Waals surface area contributed by atoms with E-state index in [-0.39, 0.29) is 5.82 Å². The molecule has 0 bridgehead atoms. The lowest BCUT2D eigenvalue weighted by Gasteiger charge is -2.27. The molecule has 0 radical (unpaired) electrons. The minimum Gasteiger partial charge on any atom is -0.383 e. The Balaban J connectivity index is 1.73. The van der Waals surface area contributed by atoms with E-state index in [2.05, 4.69) is 36.9 Å². The van der Waals surface area contributed by atoms with E-state index in [0.29, 0.717) is 24.5 Å². The predicted molar refractivity (Wildman–Crippen MR) is 113 cm³/mol. The van der Waals surface area contributed by atoms with E-state index < -0.39 is 0 Å². The maximum atomic E-state index is 9.56. The summed E-state index contributed by atoms with van der Waals surface area (Å²) in [6, 6.07) is 15.8. The standard InChI is InChI=1S/C21H18BrN5O/c22-16-3-1-2-14(10-16)17-11-19(26-21(24)18(17)12-23)15-4-5-20(25-13-15)27-6-8-28-9-7-27/h1-5,10-11,13H,6-9H2,(H2,24,26). The largest absolute Gasteiger partial charge is 0.383 e. The number of morpholine rings is 1. The normalized spacial score (nSPS) is 13.9. The van der Waals surface area contributed by atoms with Gasteiger partial charge >= 0.3 is 0 Å². The Morgan fingerprint density at radius 3 is 2.61 bits per heavy atom. The number of anilines is 2. The first-order chi connectivity index (χ1) is 13.7. The van der Waals surface area contributed by atoms with Crippen LogP contribution in [0.2, 0.25) is 0 Å². The molecule has 0 aliphatic carbocycles. The number of hydrogen-bond donors (Lipinski definition) is 1. The summed E-state index contributed by atoms with van der Waals surface area (Å²) in [5, 5.41) is 9.56. The van der Waals surface area contributed by atoms with Crippen molar-refractivity contribution in [2.75, 3.05) is 36.9 Å². The third kappa shape index (κ3) is 3.70. The van der Waals surface area contributed by atoms with Crippen LogP contribution in [-0.4, -0.2) is 36.3 Å². The number of aromatic nitrogens is 2. The third-order valence-electron chi connectivity index (χ3n) is 4.67. The third-order valence-corrected chi connectivity index (χ3v) is 5.17. The van der Waals surface area contributed by atoms with Gasteiger partial charge in [0.2, 0.25) is 0 Å². The summed E-state index contributed by atoms with van der Waals surface area (Å²) in [4.78, 5) is 11.2. The summed E-state index contributed by atoms with van der Waals surface area (Å²) in [7, 11) is 0. The minimum atomic E-state index is 0.215. The van der Waals surface area contributed by atoms with Gasteiger partial charge in [-0.25, -0.2) is 9.97 Å². The summed E-state index contributed by atoms with van der Waals surface area (Å²) in [5.74, 6) is 1.13. The average Bonchev–Trinajstić information content (AvgIpc) is 2.74. The Bertz CT molecular complexity index is 1040. The fraction of sp³-hybridized carbons (Fsp3) is 0.190. The van der Waals surface area contributed by atoms with E-state index >= 15 is 0 Å². The van der Waals surface area contributed by atoms with Gasteiger partial charge in [-0.2, -0.15) is 5.26 Å². The summed E-state index contributed by atoms with van der Waals surface area (Å²) in [5.41, 5.74) is 9.67. The van der Waals surface area contributed by atoms with Gasteiger partial charge in [-0.3, -0.25) is 0 Å². The second-order valence-electron chi connectivity index (χ2n) is 6.44. The first kappa shape index (κ1) is 18.4. The molecule has 3 aromatic rings. The monoisotopic (exact) mass is 435 g/mol. The number of ether oxygens (including phenoxy) is 1. The van der Waals surface area contributed by atoms with Crippen LogP contribution < -0.4 is 10.6 Å². The van der Waals surface area contributed by atoms with Crippen LogP contribution in [0.4, 0.5) is 11.6 Å². The molecule has 1 saturated heterocycles. The Morgan fingerprint density at radius 1 is 1.11 bits per heavy atom. The quantitative estimate of drug-likeness (QED) is 0.671. The molecule has 1 aliphatic rings. The Hall–Kier alpha value is -2.95. The second-order valence-corrected chi connectivity index (χ2v) is 7.36.